The van der Waals surface area contributed by atoms with Gasteiger partial charge < -0.3 is 0 Å². The maximum absolute atomic E-state index is 12.9. The van der Waals surface area contributed by atoms with Crippen LogP contribution in [0.4, 0.5) is 5.69 Å². The molecule has 150 valence electrons. The van der Waals surface area contributed by atoms with Gasteiger partial charge >= 0.3 is 0 Å². The summed E-state index contributed by atoms with van der Waals surface area (Å²) in [6.07, 6.45) is 2.79. The summed E-state index contributed by atoms with van der Waals surface area (Å²) < 4.78 is 26.7. The largest absolute Gasteiger partial charge is 0.286 e. The van der Waals surface area contributed by atoms with Gasteiger partial charge in [0.2, 0.25) is 0 Å². The van der Waals surface area contributed by atoms with Gasteiger partial charge in [0.25, 0.3) is 15.7 Å². The number of piperidine rings is 1. The lowest BCUT2D eigenvalue weighted by atomic mass is 10.1. The maximum Gasteiger partial charge on any atom is 0.269 e. The molecule has 1 aliphatic heterocycles. The smallest absolute Gasteiger partial charge is 0.269 e. The van der Waals surface area contributed by atoms with Crippen LogP contribution in [0.15, 0.2) is 59.5 Å². The first-order valence-electron chi connectivity index (χ1n) is 9.12. The number of hydrogen-bond acceptors (Lipinski definition) is 5. The number of hydrogen-bond donors (Lipinski definition) is 0. The summed E-state index contributed by atoms with van der Waals surface area (Å²) in [6.45, 7) is 1.38. The van der Waals surface area contributed by atoms with Crippen LogP contribution in [0.2, 0.25) is 0 Å². The minimum absolute atomic E-state index is 0.0560. The van der Waals surface area contributed by atoms with Crippen molar-refractivity contribution in [3.8, 4) is 0 Å². The molecule has 0 amide bonds. The predicted molar refractivity (Wildman–Crippen MR) is 107 cm³/mol. The van der Waals surface area contributed by atoms with Crippen LogP contribution in [0.5, 0.6) is 0 Å². The summed E-state index contributed by atoms with van der Waals surface area (Å²) in [7, 11) is -3.79. The molecule has 1 saturated heterocycles. The number of rotatable bonds is 7. The van der Waals surface area contributed by atoms with Crippen LogP contribution in [0.25, 0.3) is 0 Å². The van der Waals surface area contributed by atoms with Gasteiger partial charge in [-0.25, -0.2) is 8.42 Å². The predicted octanol–water partition coefficient (Wildman–Crippen LogP) is 3.79. The Balaban J connectivity index is 1.70. The zero-order chi connectivity index (χ0) is 20.1. The standard InChI is InChI=1S/C19H22ClN3O4S/c20-22(28(26,27)18-6-2-1-3-7-18)19-8-4-5-14-21(19)15-13-16-9-11-17(12-10-16)23(24)25/h1-3,6-7,9-12,19H,4-5,8,13-15H2. The third-order valence-electron chi connectivity index (χ3n) is 4.92. The Morgan fingerprint density at radius 3 is 2.43 bits per heavy atom. The van der Waals surface area contributed by atoms with Crippen LogP contribution in [-0.2, 0) is 16.4 Å². The highest BCUT2D eigenvalue weighted by atomic mass is 35.5. The molecule has 0 aliphatic carbocycles. The third-order valence-corrected chi connectivity index (χ3v) is 7.26. The highest BCUT2D eigenvalue weighted by Gasteiger charge is 2.35. The van der Waals surface area contributed by atoms with Gasteiger partial charge in [0, 0.05) is 18.7 Å². The molecule has 3 rings (SSSR count). The van der Waals surface area contributed by atoms with E-state index in [1.807, 2.05) is 0 Å². The molecule has 0 spiro atoms. The van der Waals surface area contributed by atoms with Crippen molar-refractivity contribution in [2.24, 2.45) is 0 Å². The molecule has 0 saturated carbocycles. The molecule has 1 unspecified atom stereocenters. The number of benzene rings is 2. The number of halogens is 1. The molecule has 9 heteroatoms. The van der Waals surface area contributed by atoms with Gasteiger partial charge in [0.15, 0.2) is 0 Å². The van der Waals surface area contributed by atoms with Crippen LogP contribution in [0, 0.1) is 10.1 Å². The van der Waals surface area contributed by atoms with Crippen LogP contribution in [0.1, 0.15) is 24.8 Å². The molecule has 1 fully saturated rings. The van der Waals surface area contributed by atoms with Gasteiger partial charge in [-0.1, -0.05) is 34.2 Å². The Kier molecular flexibility index (Phi) is 6.66. The normalized spacial score (nSPS) is 18.3. The topological polar surface area (TPSA) is 83.8 Å². The minimum Gasteiger partial charge on any atom is -0.286 e. The van der Waals surface area contributed by atoms with Crippen molar-refractivity contribution in [1.82, 2.24) is 8.72 Å². The van der Waals surface area contributed by atoms with E-state index in [0.29, 0.717) is 19.4 Å². The summed E-state index contributed by atoms with van der Waals surface area (Å²) in [4.78, 5) is 12.6. The number of nitro groups is 1. The molecule has 0 radical (unpaired) electrons. The molecule has 1 aliphatic rings. The van der Waals surface area contributed by atoms with Crippen molar-refractivity contribution in [2.45, 2.75) is 36.7 Å². The summed E-state index contributed by atoms with van der Waals surface area (Å²) in [5.74, 6) is 0. The molecule has 7 nitrogen and oxygen atoms in total. The maximum atomic E-state index is 12.9. The molecular weight excluding hydrogens is 402 g/mol. The van der Waals surface area contributed by atoms with Crippen LogP contribution in [0.3, 0.4) is 0 Å². The molecule has 28 heavy (non-hydrogen) atoms. The van der Waals surface area contributed by atoms with Crippen molar-refractivity contribution in [2.75, 3.05) is 13.1 Å². The highest BCUT2D eigenvalue weighted by Crippen LogP contribution is 2.28. The van der Waals surface area contributed by atoms with E-state index < -0.39 is 21.1 Å². The number of nitrogens with zero attached hydrogens (tertiary/aromatic N) is 3. The van der Waals surface area contributed by atoms with E-state index in [9.17, 15) is 18.5 Å². The molecule has 2 aromatic carbocycles. The van der Waals surface area contributed by atoms with E-state index in [0.717, 1.165) is 28.8 Å². The fraction of sp³-hybridized carbons (Fsp3) is 0.368. The van der Waals surface area contributed by atoms with E-state index in [2.05, 4.69) is 4.90 Å². The quantitative estimate of drug-likeness (QED) is 0.384. The van der Waals surface area contributed by atoms with E-state index in [1.165, 1.54) is 24.3 Å². The number of likely N-dealkylation sites (tertiary alicyclic amines) is 1. The molecule has 0 bridgehead atoms. The fourth-order valence-electron chi connectivity index (χ4n) is 3.37. The van der Waals surface area contributed by atoms with Gasteiger partial charge in [0.1, 0.15) is 0 Å². The third kappa shape index (κ3) is 4.70. The van der Waals surface area contributed by atoms with Crippen molar-refractivity contribution in [3.63, 3.8) is 0 Å². The summed E-state index contributed by atoms with van der Waals surface area (Å²) in [6, 6.07) is 14.6. The van der Waals surface area contributed by atoms with Gasteiger partial charge in [0.05, 0.1) is 16.0 Å². The first kappa shape index (κ1) is 20.7. The molecule has 0 N–H and O–H groups in total. The second kappa shape index (κ2) is 9.00. The second-order valence-corrected chi connectivity index (χ2v) is 9.13. The van der Waals surface area contributed by atoms with Crippen LogP contribution < -0.4 is 0 Å². The van der Waals surface area contributed by atoms with Gasteiger partial charge in [-0.05, 0) is 61.7 Å². The zero-order valence-electron chi connectivity index (χ0n) is 15.3. The number of non-ortho nitro benzene ring substituents is 1. The molecule has 2 aromatic rings. The first-order chi connectivity index (χ1) is 13.4. The van der Waals surface area contributed by atoms with E-state index in [-0.39, 0.29) is 10.6 Å². The Bertz CT molecular complexity index is 907. The monoisotopic (exact) mass is 423 g/mol. The van der Waals surface area contributed by atoms with Gasteiger partial charge in [-0.2, -0.15) is 0 Å². The lowest BCUT2D eigenvalue weighted by Gasteiger charge is -2.38. The summed E-state index contributed by atoms with van der Waals surface area (Å²) in [5.41, 5.74) is 1.02. The Labute approximate surface area is 169 Å². The van der Waals surface area contributed by atoms with Crippen LogP contribution in [-0.4, -0.2) is 41.3 Å². The average molecular weight is 424 g/mol. The second-order valence-electron chi connectivity index (χ2n) is 6.75. The fourth-order valence-corrected chi connectivity index (χ4v) is 5.10. The Morgan fingerprint density at radius 2 is 1.79 bits per heavy atom. The van der Waals surface area contributed by atoms with E-state index in [4.69, 9.17) is 11.8 Å². The summed E-state index contributed by atoms with van der Waals surface area (Å²) >= 11 is 6.35. The van der Waals surface area contributed by atoms with E-state index in [1.54, 1.807) is 30.3 Å². The minimum atomic E-state index is -3.79. The van der Waals surface area contributed by atoms with Gasteiger partial charge in [-0.15, -0.1) is 0 Å². The summed E-state index contributed by atoms with van der Waals surface area (Å²) in [5, 5.41) is 10.8. The lowest BCUT2D eigenvalue weighted by molar-refractivity contribution is -0.384. The SMILES string of the molecule is O=[N+]([O-])c1ccc(CCN2CCCCC2N(Cl)S(=O)(=O)c2ccccc2)cc1. The number of nitro benzene ring substituents is 1. The molecule has 1 heterocycles. The molecular formula is C19H22ClN3O4S. The first-order valence-corrected chi connectivity index (χ1v) is 10.9. The lowest BCUT2D eigenvalue weighted by Crippen LogP contribution is -2.49. The highest BCUT2D eigenvalue weighted by molar-refractivity contribution is 7.90. The van der Waals surface area contributed by atoms with Crippen molar-refractivity contribution >= 4 is 27.5 Å². The van der Waals surface area contributed by atoms with Crippen molar-refractivity contribution in [1.29, 1.82) is 0 Å². The van der Waals surface area contributed by atoms with Crippen molar-refractivity contribution < 1.29 is 13.3 Å². The average Bonchev–Trinajstić information content (AvgIpc) is 2.73. The van der Waals surface area contributed by atoms with E-state index >= 15 is 0 Å². The number of sulfonamides is 1. The van der Waals surface area contributed by atoms with Crippen molar-refractivity contribution in [3.05, 3.63) is 70.3 Å². The van der Waals surface area contributed by atoms with Crippen LogP contribution >= 0.6 is 11.8 Å². The molecule has 0 aromatic heterocycles. The molecule has 1 atom stereocenters. The van der Waals surface area contributed by atoms with Gasteiger partial charge in [-0.3, -0.25) is 15.0 Å². The zero-order valence-corrected chi connectivity index (χ0v) is 16.8. The Morgan fingerprint density at radius 1 is 1.11 bits per heavy atom. The Hall–Kier alpha value is -2.00.